The minimum atomic E-state index is 0.417. The summed E-state index contributed by atoms with van der Waals surface area (Å²) >= 11 is 0. The Balaban J connectivity index is 2.43. The third kappa shape index (κ3) is 3.38. The topological polar surface area (TPSA) is 35.2 Å². The largest absolute Gasteiger partial charge is 0.493 e. The van der Waals surface area contributed by atoms with Crippen LogP contribution < -0.4 is 10.5 Å². The molecule has 0 aromatic heterocycles. The Morgan fingerprint density at radius 1 is 1.29 bits per heavy atom. The van der Waals surface area contributed by atoms with Crippen LogP contribution in [0.2, 0.25) is 0 Å². The Kier molecular flexibility index (Phi) is 4.47. The lowest BCUT2D eigenvalue weighted by Crippen LogP contribution is -2.18. The third-order valence-electron chi connectivity index (χ3n) is 2.27. The highest BCUT2D eigenvalue weighted by Gasteiger charge is 2.00. The Hall–Kier alpha value is -1.02. The first-order chi connectivity index (χ1) is 6.76. The van der Waals surface area contributed by atoms with Crippen molar-refractivity contribution < 1.29 is 4.74 Å². The fraction of sp³-hybridized carbons (Fsp3) is 0.500. The van der Waals surface area contributed by atoms with Crippen LogP contribution in [0.5, 0.6) is 5.75 Å². The molecule has 0 radical (unpaired) electrons. The number of hydrogen-bond donors (Lipinski definition) is 1. The van der Waals surface area contributed by atoms with E-state index in [1.54, 1.807) is 0 Å². The van der Waals surface area contributed by atoms with Crippen LogP contribution in [0.4, 0.5) is 0 Å². The van der Waals surface area contributed by atoms with Crippen molar-refractivity contribution in [2.75, 3.05) is 13.2 Å². The van der Waals surface area contributed by atoms with E-state index in [-0.39, 0.29) is 0 Å². The van der Waals surface area contributed by atoms with Gasteiger partial charge in [0.15, 0.2) is 0 Å². The molecule has 2 N–H and O–H groups in total. The zero-order chi connectivity index (χ0) is 10.4. The Morgan fingerprint density at radius 3 is 2.43 bits per heavy atom. The van der Waals surface area contributed by atoms with E-state index in [1.165, 1.54) is 5.56 Å². The van der Waals surface area contributed by atoms with Crippen LogP contribution in [0.15, 0.2) is 24.3 Å². The molecule has 1 rings (SSSR count). The van der Waals surface area contributed by atoms with Crippen LogP contribution in [0.25, 0.3) is 0 Å². The van der Waals surface area contributed by atoms with Gasteiger partial charge in [0.05, 0.1) is 6.61 Å². The van der Waals surface area contributed by atoms with Crippen LogP contribution in [0.3, 0.4) is 0 Å². The van der Waals surface area contributed by atoms with Crippen LogP contribution in [0, 0.1) is 5.92 Å². The quantitative estimate of drug-likeness (QED) is 0.778. The van der Waals surface area contributed by atoms with Crippen LogP contribution >= 0.6 is 0 Å². The Bertz CT molecular complexity index is 256. The third-order valence-corrected chi connectivity index (χ3v) is 2.27. The van der Waals surface area contributed by atoms with E-state index in [4.69, 9.17) is 10.5 Å². The minimum Gasteiger partial charge on any atom is -0.493 e. The zero-order valence-electron chi connectivity index (χ0n) is 8.99. The second-order valence-corrected chi connectivity index (χ2v) is 3.65. The average Bonchev–Trinajstić information content (AvgIpc) is 2.26. The molecule has 0 spiro atoms. The highest BCUT2D eigenvalue weighted by molar-refractivity contribution is 5.27. The summed E-state index contributed by atoms with van der Waals surface area (Å²) < 4.78 is 5.58. The van der Waals surface area contributed by atoms with Gasteiger partial charge < -0.3 is 10.5 Å². The first-order valence-corrected chi connectivity index (χ1v) is 5.18. The smallest absolute Gasteiger partial charge is 0.119 e. The molecule has 1 aromatic carbocycles. The van der Waals surface area contributed by atoms with Gasteiger partial charge in [-0.3, -0.25) is 0 Å². The molecule has 0 aliphatic heterocycles. The first-order valence-electron chi connectivity index (χ1n) is 5.18. The molecule has 0 aliphatic rings. The maximum absolute atomic E-state index is 5.58. The lowest BCUT2D eigenvalue weighted by atomic mass is 10.2. The molecule has 0 bridgehead atoms. The molecule has 78 valence electrons. The van der Waals surface area contributed by atoms with Crippen LogP contribution in [-0.4, -0.2) is 13.2 Å². The highest BCUT2D eigenvalue weighted by Crippen LogP contribution is 2.13. The standard InChI is InChI=1S/C12H19NO/c1-3-11-4-6-12(7-5-11)14-9-10(2)8-13/h4-7,10H,3,8-9,13H2,1-2H3. The normalized spacial score (nSPS) is 12.5. The molecule has 0 fully saturated rings. The molecule has 0 heterocycles. The summed E-state index contributed by atoms with van der Waals surface area (Å²) in [6.07, 6.45) is 1.07. The summed E-state index contributed by atoms with van der Waals surface area (Å²) in [6.45, 7) is 5.60. The fourth-order valence-electron chi connectivity index (χ4n) is 1.13. The summed E-state index contributed by atoms with van der Waals surface area (Å²) in [7, 11) is 0. The van der Waals surface area contributed by atoms with Gasteiger partial charge in [0.2, 0.25) is 0 Å². The van der Waals surface area contributed by atoms with Crippen molar-refractivity contribution in [1.82, 2.24) is 0 Å². The van der Waals surface area contributed by atoms with Gasteiger partial charge in [-0.15, -0.1) is 0 Å². The number of benzene rings is 1. The highest BCUT2D eigenvalue weighted by atomic mass is 16.5. The van der Waals surface area contributed by atoms with E-state index in [0.29, 0.717) is 19.1 Å². The first kappa shape index (κ1) is 11.1. The van der Waals surface area contributed by atoms with E-state index < -0.39 is 0 Å². The van der Waals surface area contributed by atoms with Gasteiger partial charge in [0, 0.05) is 5.92 Å². The van der Waals surface area contributed by atoms with Crippen molar-refractivity contribution >= 4 is 0 Å². The van der Waals surface area contributed by atoms with E-state index >= 15 is 0 Å². The molecule has 2 nitrogen and oxygen atoms in total. The van der Waals surface area contributed by atoms with Crippen molar-refractivity contribution in [3.8, 4) is 5.75 Å². The SMILES string of the molecule is CCc1ccc(OCC(C)CN)cc1. The van der Waals surface area contributed by atoms with Crippen molar-refractivity contribution in [2.24, 2.45) is 11.7 Å². The van der Waals surface area contributed by atoms with Gasteiger partial charge >= 0.3 is 0 Å². The predicted molar refractivity (Wildman–Crippen MR) is 59.5 cm³/mol. The second-order valence-electron chi connectivity index (χ2n) is 3.65. The minimum absolute atomic E-state index is 0.417. The lowest BCUT2D eigenvalue weighted by molar-refractivity contribution is 0.264. The van der Waals surface area contributed by atoms with Gasteiger partial charge in [-0.1, -0.05) is 26.0 Å². The molecule has 1 aromatic rings. The van der Waals surface area contributed by atoms with Crippen LogP contribution in [0.1, 0.15) is 19.4 Å². The predicted octanol–water partition coefficient (Wildman–Crippen LogP) is 2.22. The molecular formula is C12H19NO. The number of hydrogen-bond acceptors (Lipinski definition) is 2. The maximum atomic E-state index is 5.58. The van der Waals surface area contributed by atoms with E-state index in [0.717, 1.165) is 12.2 Å². The lowest BCUT2D eigenvalue weighted by Gasteiger charge is -2.10. The number of aryl methyl sites for hydroxylation is 1. The second kappa shape index (κ2) is 5.66. The molecule has 0 aliphatic carbocycles. The summed E-state index contributed by atoms with van der Waals surface area (Å²) in [4.78, 5) is 0. The molecule has 1 atom stereocenters. The molecular weight excluding hydrogens is 174 g/mol. The van der Waals surface area contributed by atoms with Crippen molar-refractivity contribution in [3.63, 3.8) is 0 Å². The molecule has 0 amide bonds. The van der Waals surface area contributed by atoms with Gasteiger partial charge in [-0.05, 0) is 30.7 Å². The Labute approximate surface area is 86.1 Å². The van der Waals surface area contributed by atoms with Crippen molar-refractivity contribution in [2.45, 2.75) is 20.3 Å². The molecule has 2 heteroatoms. The molecule has 14 heavy (non-hydrogen) atoms. The summed E-state index contributed by atoms with van der Waals surface area (Å²) in [6, 6.07) is 8.23. The van der Waals surface area contributed by atoms with Gasteiger partial charge in [-0.2, -0.15) is 0 Å². The number of nitrogens with two attached hydrogens (primary N) is 1. The summed E-state index contributed by atoms with van der Waals surface area (Å²) in [5, 5.41) is 0. The summed E-state index contributed by atoms with van der Waals surface area (Å²) in [5.41, 5.74) is 6.84. The Morgan fingerprint density at radius 2 is 1.93 bits per heavy atom. The van der Waals surface area contributed by atoms with Gasteiger partial charge in [0.1, 0.15) is 5.75 Å². The fourth-order valence-corrected chi connectivity index (χ4v) is 1.13. The van der Waals surface area contributed by atoms with Gasteiger partial charge in [-0.25, -0.2) is 0 Å². The van der Waals surface area contributed by atoms with E-state index in [1.807, 2.05) is 12.1 Å². The molecule has 0 saturated heterocycles. The summed E-state index contributed by atoms with van der Waals surface area (Å²) in [5.74, 6) is 1.35. The number of ether oxygens (including phenoxy) is 1. The van der Waals surface area contributed by atoms with Gasteiger partial charge in [0.25, 0.3) is 0 Å². The average molecular weight is 193 g/mol. The van der Waals surface area contributed by atoms with Crippen molar-refractivity contribution in [1.29, 1.82) is 0 Å². The number of rotatable bonds is 5. The zero-order valence-corrected chi connectivity index (χ0v) is 8.99. The van der Waals surface area contributed by atoms with Crippen molar-refractivity contribution in [3.05, 3.63) is 29.8 Å². The van der Waals surface area contributed by atoms with Crippen LogP contribution in [-0.2, 0) is 6.42 Å². The van der Waals surface area contributed by atoms with E-state index in [9.17, 15) is 0 Å². The molecule has 0 saturated carbocycles. The van der Waals surface area contributed by atoms with E-state index in [2.05, 4.69) is 26.0 Å². The molecule has 1 unspecified atom stereocenters. The monoisotopic (exact) mass is 193 g/mol. The maximum Gasteiger partial charge on any atom is 0.119 e.